The van der Waals surface area contributed by atoms with E-state index in [1.54, 1.807) is 6.07 Å². The topological polar surface area (TPSA) is 72.3 Å². The molecule has 4 heteroatoms. The lowest BCUT2D eigenvalue weighted by Crippen LogP contribution is -1.94. The van der Waals surface area contributed by atoms with Gasteiger partial charge in [-0.1, -0.05) is 15.9 Å². The Balaban J connectivity index is 3.31. The minimum Gasteiger partial charge on any atom is -0.506 e. The van der Waals surface area contributed by atoms with E-state index in [0.29, 0.717) is 5.69 Å². The Labute approximate surface area is 66.8 Å². The van der Waals surface area contributed by atoms with Crippen molar-refractivity contribution in [3.8, 4) is 5.75 Å². The molecule has 0 aliphatic heterocycles. The molecule has 5 N–H and O–H groups in total. The van der Waals surface area contributed by atoms with Gasteiger partial charge in [-0.25, -0.2) is 0 Å². The van der Waals surface area contributed by atoms with Crippen molar-refractivity contribution in [1.82, 2.24) is 0 Å². The first kappa shape index (κ1) is 7.21. The monoisotopic (exact) mass is 202 g/mol. The van der Waals surface area contributed by atoms with E-state index in [1.807, 2.05) is 0 Å². The molecule has 1 rings (SSSR count). The molecule has 0 atom stereocenters. The summed E-state index contributed by atoms with van der Waals surface area (Å²) >= 11 is 3.15. The Kier molecular flexibility index (Phi) is 1.72. The number of nitrogens with two attached hydrogens (primary N) is 2. The number of aromatic hydroxyl groups is 1. The van der Waals surface area contributed by atoms with Gasteiger partial charge < -0.3 is 16.6 Å². The van der Waals surface area contributed by atoms with Crippen molar-refractivity contribution < 1.29 is 5.11 Å². The molecular formula is C6H7BrN2O. The van der Waals surface area contributed by atoms with Crippen LogP contribution in [0.1, 0.15) is 0 Å². The van der Waals surface area contributed by atoms with Gasteiger partial charge in [-0.05, 0) is 12.1 Å². The number of halogens is 1. The quantitative estimate of drug-likeness (QED) is 0.439. The molecule has 1 aromatic carbocycles. The van der Waals surface area contributed by atoms with Crippen LogP contribution in [-0.4, -0.2) is 5.11 Å². The summed E-state index contributed by atoms with van der Waals surface area (Å²) in [5.41, 5.74) is 11.4. The van der Waals surface area contributed by atoms with E-state index in [4.69, 9.17) is 16.6 Å². The molecule has 0 aliphatic carbocycles. The van der Waals surface area contributed by atoms with E-state index in [9.17, 15) is 0 Å². The lowest BCUT2D eigenvalue weighted by atomic mass is 10.2. The predicted molar refractivity (Wildman–Crippen MR) is 44.6 cm³/mol. The van der Waals surface area contributed by atoms with Crippen LogP contribution in [0.2, 0.25) is 0 Å². The SMILES string of the molecule is Nc1cc(Br)cc(O)c1N. The van der Waals surface area contributed by atoms with E-state index in [2.05, 4.69) is 15.9 Å². The first-order chi connectivity index (χ1) is 4.61. The Bertz CT molecular complexity index is 239. The lowest BCUT2D eigenvalue weighted by Gasteiger charge is -2.02. The van der Waals surface area contributed by atoms with Gasteiger partial charge in [-0.15, -0.1) is 0 Å². The standard InChI is InChI=1S/C6H7BrN2O/c7-3-1-4(8)6(9)5(10)2-3/h1-2,10H,8-9H2. The van der Waals surface area contributed by atoms with Crippen LogP contribution in [0.25, 0.3) is 0 Å². The number of hydrogen-bond donors (Lipinski definition) is 3. The Morgan fingerprint density at radius 2 is 1.90 bits per heavy atom. The summed E-state index contributed by atoms with van der Waals surface area (Å²) in [6, 6.07) is 3.13. The highest BCUT2D eigenvalue weighted by molar-refractivity contribution is 9.10. The summed E-state index contributed by atoms with van der Waals surface area (Å²) in [5.74, 6) is 0.00637. The van der Waals surface area contributed by atoms with Gasteiger partial charge in [0.05, 0.1) is 11.4 Å². The highest BCUT2D eigenvalue weighted by atomic mass is 79.9. The van der Waals surface area contributed by atoms with Crippen molar-refractivity contribution in [3.63, 3.8) is 0 Å². The van der Waals surface area contributed by atoms with Crippen LogP contribution in [0.15, 0.2) is 16.6 Å². The average Bonchev–Trinajstić information content (AvgIpc) is 1.82. The van der Waals surface area contributed by atoms with Crippen molar-refractivity contribution >= 4 is 27.3 Å². The molecule has 1 aromatic rings. The van der Waals surface area contributed by atoms with E-state index < -0.39 is 0 Å². The minimum absolute atomic E-state index is 0.00637. The van der Waals surface area contributed by atoms with Crippen molar-refractivity contribution in [3.05, 3.63) is 16.6 Å². The van der Waals surface area contributed by atoms with Crippen LogP contribution in [0.4, 0.5) is 11.4 Å². The van der Waals surface area contributed by atoms with Gasteiger partial charge >= 0.3 is 0 Å². The van der Waals surface area contributed by atoms with Gasteiger partial charge in [0.25, 0.3) is 0 Å². The zero-order chi connectivity index (χ0) is 7.72. The average molecular weight is 203 g/mol. The van der Waals surface area contributed by atoms with Gasteiger partial charge in [-0.2, -0.15) is 0 Å². The van der Waals surface area contributed by atoms with E-state index >= 15 is 0 Å². The number of anilines is 2. The maximum absolute atomic E-state index is 9.05. The predicted octanol–water partition coefficient (Wildman–Crippen LogP) is 1.32. The van der Waals surface area contributed by atoms with Gasteiger partial charge in [0.15, 0.2) is 0 Å². The van der Waals surface area contributed by atoms with Crippen molar-refractivity contribution in [2.75, 3.05) is 11.5 Å². The molecular weight excluding hydrogens is 196 g/mol. The first-order valence-electron chi connectivity index (χ1n) is 2.64. The molecule has 0 radical (unpaired) electrons. The summed E-state index contributed by atoms with van der Waals surface area (Å²) in [5, 5.41) is 9.05. The van der Waals surface area contributed by atoms with Crippen LogP contribution in [0, 0.1) is 0 Å². The first-order valence-corrected chi connectivity index (χ1v) is 3.44. The van der Waals surface area contributed by atoms with Crippen LogP contribution < -0.4 is 11.5 Å². The third kappa shape index (κ3) is 1.16. The van der Waals surface area contributed by atoms with Gasteiger partial charge in [0.1, 0.15) is 5.75 Å². The van der Waals surface area contributed by atoms with Crippen LogP contribution in [-0.2, 0) is 0 Å². The second kappa shape index (κ2) is 2.38. The zero-order valence-electron chi connectivity index (χ0n) is 5.13. The number of benzene rings is 1. The molecule has 3 nitrogen and oxygen atoms in total. The fourth-order valence-corrected chi connectivity index (χ4v) is 1.09. The summed E-state index contributed by atoms with van der Waals surface area (Å²) in [6.45, 7) is 0. The van der Waals surface area contributed by atoms with Crippen molar-refractivity contribution in [2.24, 2.45) is 0 Å². The lowest BCUT2D eigenvalue weighted by molar-refractivity contribution is 0.478. The molecule has 54 valence electrons. The maximum atomic E-state index is 9.05. The van der Waals surface area contributed by atoms with Gasteiger partial charge in [0.2, 0.25) is 0 Å². The van der Waals surface area contributed by atoms with E-state index in [0.717, 1.165) is 4.47 Å². The molecule has 10 heavy (non-hydrogen) atoms. The molecule has 0 fully saturated rings. The molecule has 0 aliphatic rings. The Morgan fingerprint density at radius 3 is 2.40 bits per heavy atom. The normalized spacial score (nSPS) is 9.70. The van der Waals surface area contributed by atoms with Crippen LogP contribution >= 0.6 is 15.9 Å². The number of phenolic OH excluding ortho intramolecular Hbond substituents is 1. The summed E-state index contributed by atoms with van der Waals surface area (Å²) in [4.78, 5) is 0. The number of rotatable bonds is 0. The third-order valence-corrected chi connectivity index (χ3v) is 1.61. The van der Waals surface area contributed by atoms with Gasteiger partial charge in [0, 0.05) is 4.47 Å². The Hall–Kier alpha value is -0.900. The third-order valence-electron chi connectivity index (χ3n) is 1.15. The molecule has 0 heterocycles. The molecule has 0 unspecified atom stereocenters. The molecule has 0 amide bonds. The molecule has 0 spiro atoms. The summed E-state index contributed by atoms with van der Waals surface area (Å²) < 4.78 is 0.719. The maximum Gasteiger partial charge on any atom is 0.141 e. The largest absolute Gasteiger partial charge is 0.506 e. The fraction of sp³-hybridized carbons (Fsp3) is 0. The molecule has 0 saturated heterocycles. The number of phenols is 1. The van der Waals surface area contributed by atoms with Crippen molar-refractivity contribution in [1.29, 1.82) is 0 Å². The molecule has 0 saturated carbocycles. The zero-order valence-corrected chi connectivity index (χ0v) is 6.72. The second-order valence-electron chi connectivity index (χ2n) is 1.93. The van der Waals surface area contributed by atoms with Crippen LogP contribution in [0.3, 0.4) is 0 Å². The van der Waals surface area contributed by atoms with E-state index in [-0.39, 0.29) is 11.4 Å². The highest BCUT2D eigenvalue weighted by Crippen LogP contribution is 2.30. The van der Waals surface area contributed by atoms with Gasteiger partial charge in [-0.3, -0.25) is 0 Å². The van der Waals surface area contributed by atoms with Crippen molar-refractivity contribution in [2.45, 2.75) is 0 Å². The number of hydrogen-bond acceptors (Lipinski definition) is 3. The smallest absolute Gasteiger partial charge is 0.141 e. The fourth-order valence-electron chi connectivity index (χ4n) is 0.624. The Morgan fingerprint density at radius 1 is 1.30 bits per heavy atom. The summed E-state index contributed by atoms with van der Waals surface area (Å²) in [6.07, 6.45) is 0. The highest BCUT2D eigenvalue weighted by Gasteiger charge is 2.01. The molecule has 0 aromatic heterocycles. The second-order valence-corrected chi connectivity index (χ2v) is 2.84. The molecule has 0 bridgehead atoms. The minimum atomic E-state index is 0.00637. The summed E-state index contributed by atoms with van der Waals surface area (Å²) in [7, 11) is 0. The number of nitrogen functional groups attached to an aromatic ring is 2. The van der Waals surface area contributed by atoms with E-state index in [1.165, 1.54) is 6.07 Å². The van der Waals surface area contributed by atoms with Crippen LogP contribution in [0.5, 0.6) is 5.75 Å².